The summed E-state index contributed by atoms with van der Waals surface area (Å²) in [6.07, 6.45) is -2.30. The van der Waals surface area contributed by atoms with Gasteiger partial charge in [0.15, 0.2) is 12.2 Å². The Morgan fingerprint density at radius 1 is 0.714 bits per heavy atom. The van der Waals surface area contributed by atoms with E-state index in [1.54, 1.807) is 0 Å². The summed E-state index contributed by atoms with van der Waals surface area (Å²) in [5.41, 5.74) is 0.601. The third kappa shape index (κ3) is 3.64. The molecule has 2 aromatic rings. The number of fused-ring (bicyclic) bond motifs is 1. The van der Waals surface area contributed by atoms with Crippen LogP contribution in [-0.2, 0) is 18.9 Å². The number of hydrogen-bond donors (Lipinski definition) is 2. The normalized spacial score (nSPS) is 25.9. The van der Waals surface area contributed by atoms with Gasteiger partial charge in [-0.2, -0.15) is 0 Å². The molecule has 8 heteroatoms. The number of ether oxygens (including phenoxy) is 4. The second-order valence-corrected chi connectivity index (χ2v) is 6.58. The molecule has 2 aliphatic heterocycles. The van der Waals surface area contributed by atoms with E-state index in [9.17, 15) is 19.8 Å². The van der Waals surface area contributed by atoms with Crippen molar-refractivity contribution in [3.05, 3.63) is 59.7 Å². The molecule has 0 radical (unpaired) electrons. The standard InChI is InChI=1S/C20H18O8/c21-13-5-1-11(2-6-13)19(23)27-15-9-25-18-16(10-26-17(15)18)28-20(24)12-3-7-14(22)8-4-12/h1-8,15-18,21-22H,9-10H2/t15-,16-,17+,18+/m0/s1. The van der Waals surface area contributed by atoms with Crippen molar-refractivity contribution >= 4 is 11.9 Å². The molecule has 2 N–H and O–H groups in total. The first-order chi connectivity index (χ1) is 13.5. The van der Waals surface area contributed by atoms with E-state index in [0.717, 1.165) is 0 Å². The third-order valence-corrected chi connectivity index (χ3v) is 4.69. The topological polar surface area (TPSA) is 112 Å². The number of aromatic hydroxyl groups is 2. The summed E-state index contributed by atoms with van der Waals surface area (Å²) in [5.74, 6) is -0.999. The lowest BCUT2D eigenvalue weighted by molar-refractivity contribution is -0.0287. The predicted molar refractivity (Wildman–Crippen MR) is 94.1 cm³/mol. The number of phenols is 2. The molecule has 0 bridgehead atoms. The first-order valence-corrected chi connectivity index (χ1v) is 8.74. The Bertz CT molecular complexity index is 787. The fourth-order valence-electron chi connectivity index (χ4n) is 3.24. The van der Waals surface area contributed by atoms with E-state index in [4.69, 9.17) is 18.9 Å². The Labute approximate surface area is 160 Å². The van der Waals surface area contributed by atoms with Gasteiger partial charge >= 0.3 is 11.9 Å². The third-order valence-electron chi connectivity index (χ3n) is 4.69. The first kappa shape index (κ1) is 18.3. The van der Waals surface area contributed by atoms with Gasteiger partial charge in [0.1, 0.15) is 23.7 Å². The molecule has 2 aromatic carbocycles. The van der Waals surface area contributed by atoms with Crippen LogP contribution in [0.4, 0.5) is 0 Å². The molecule has 0 amide bonds. The van der Waals surface area contributed by atoms with Crippen molar-refractivity contribution in [3.63, 3.8) is 0 Å². The molecule has 0 aliphatic carbocycles. The van der Waals surface area contributed by atoms with Gasteiger partial charge in [-0.3, -0.25) is 0 Å². The van der Waals surface area contributed by atoms with Gasteiger partial charge in [-0.15, -0.1) is 0 Å². The summed E-state index contributed by atoms with van der Waals surface area (Å²) < 4.78 is 22.2. The Hall–Kier alpha value is -3.10. The first-order valence-electron chi connectivity index (χ1n) is 8.74. The van der Waals surface area contributed by atoms with Crippen LogP contribution in [0.1, 0.15) is 20.7 Å². The monoisotopic (exact) mass is 386 g/mol. The van der Waals surface area contributed by atoms with Crippen LogP contribution in [0.15, 0.2) is 48.5 Å². The highest BCUT2D eigenvalue weighted by molar-refractivity contribution is 5.90. The fourth-order valence-corrected chi connectivity index (χ4v) is 3.24. The van der Waals surface area contributed by atoms with Gasteiger partial charge in [-0.05, 0) is 48.5 Å². The number of hydrogen-bond acceptors (Lipinski definition) is 8. The minimum atomic E-state index is -0.622. The van der Waals surface area contributed by atoms with Crippen molar-refractivity contribution in [2.24, 2.45) is 0 Å². The highest BCUT2D eigenvalue weighted by Gasteiger charge is 2.51. The number of benzene rings is 2. The van der Waals surface area contributed by atoms with Gasteiger partial charge in [0, 0.05) is 0 Å². The predicted octanol–water partition coefficient (Wildman–Crippen LogP) is 1.65. The van der Waals surface area contributed by atoms with Crippen molar-refractivity contribution in [2.75, 3.05) is 13.2 Å². The lowest BCUT2D eigenvalue weighted by Gasteiger charge is -2.17. The van der Waals surface area contributed by atoms with Gasteiger partial charge in [0.05, 0.1) is 24.3 Å². The lowest BCUT2D eigenvalue weighted by atomic mass is 10.1. The van der Waals surface area contributed by atoms with E-state index >= 15 is 0 Å². The molecule has 28 heavy (non-hydrogen) atoms. The average molecular weight is 386 g/mol. The van der Waals surface area contributed by atoms with Gasteiger partial charge in [-0.1, -0.05) is 0 Å². The van der Waals surface area contributed by atoms with Crippen LogP contribution in [0.5, 0.6) is 11.5 Å². The van der Waals surface area contributed by atoms with Crippen molar-refractivity contribution in [2.45, 2.75) is 24.4 Å². The fraction of sp³-hybridized carbons (Fsp3) is 0.300. The van der Waals surface area contributed by atoms with Gasteiger partial charge < -0.3 is 29.2 Å². The summed E-state index contributed by atoms with van der Waals surface area (Å²) in [6, 6.07) is 11.4. The Morgan fingerprint density at radius 2 is 1.07 bits per heavy atom. The molecule has 2 saturated heterocycles. The van der Waals surface area contributed by atoms with Crippen LogP contribution < -0.4 is 0 Å². The second-order valence-electron chi connectivity index (χ2n) is 6.58. The Morgan fingerprint density at radius 3 is 1.43 bits per heavy atom. The molecule has 8 nitrogen and oxygen atoms in total. The highest BCUT2D eigenvalue weighted by atomic mass is 16.7. The molecular formula is C20H18O8. The molecule has 146 valence electrons. The maximum Gasteiger partial charge on any atom is 0.338 e. The molecular weight excluding hydrogens is 368 g/mol. The smallest absolute Gasteiger partial charge is 0.338 e. The molecule has 2 aliphatic rings. The average Bonchev–Trinajstić information content (AvgIpc) is 3.26. The molecule has 0 unspecified atom stereocenters. The maximum absolute atomic E-state index is 12.3. The minimum absolute atomic E-state index is 0.0539. The van der Waals surface area contributed by atoms with Crippen LogP contribution in [0.3, 0.4) is 0 Å². The molecule has 4 rings (SSSR count). The van der Waals surface area contributed by atoms with E-state index in [-0.39, 0.29) is 24.7 Å². The Balaban J connectivity index is 1.36. The quantitative estimate of drug-likeness (QED) is 0.763. The molecule has 0 aromatic heterocycles. The van der Waals surface area contributed by atoms with Crippen LogP contribution in [0, 0.1) is 0 Å². The summed E-state index contributed by atoms with van der Waals surface area (Å²) >= 11 is 0. The van der Waals surface area contributed by atoms with Crippen molar-refractivity contribution in [1.29, 1.82) is 0 Å². The summed E-state index contributed by atoms with van der Waals surface area (Å²) in [5, 5.41) is 18.6. The van der Waals surface area contributed by atoms with E-state index in [1.807, 2.05) is 0 Å². The number of esters is 2. The zero-order chi connectivity index (χ0) is 19.7. The van der Waals surface area contributed by atoms with E-state index in [1.165, 1.54) is 48.5 Å². The van der Waals surface area contributed by atoms with Crippen molar-refractivity contribution in [1.82, 2.24) is 0 Å². The molecule has 4 atom stereocenters. The number of carbonyl (C=O) groups excluding carboxylic acids is 2. The molecule has 2 fully saturated rings. The molecule has 0 spiro atoms. The second kappa shape index (κ2) is 7.49. The zero-order valence-corrected chi connectivity index (χ0v) is 14.7. The van der Waals surface area contributed by atoms with Gasteiger partial charge in [0.2, 0.25) is 0 Å². The lowest BCUT2D eigenvalue weighted by Crippen LogP contribution is -2.36. The van der Waals surface area contributed by atoms with Gasteiger partial charge in [-0.25, -0.2) is 9.59 Å². The maximum atomic E-state index is 12.3. The van der Waals surface area contributed by atoms with E-state index in [2.05, 4.69) is 0 Å². The van der Waals surface area contributed by atoms with Crippen molar-refractivity contribution in [3.8, 4) is 11.5 Å². The number of carbonyl (C=O) groups is 2. The summed E-state index contributed by atoms with van der Waals surface area (Å²) in [4.78, 5) is 24.5. The Kier molecular flexibility index (Phi) is 4.89. The van der Waals surface area contributed by atoms with Crippen LogP contribution >= 0.6 is 0 Å². The number of rotatable bonds is 4. The number of phenolic OH excluding ortho intramolecular Hbond substituents is 2. The minimum Gasteiger partial charge on any atom is -0.508 e. The van der Waals surface area contributed by atoms with E-state index < -0.39 is 36.4 Å². The largest absolute Gasteiger partial charge is 0.508 e. The summed E-state index contributed by atoms with van der Waals surface area (Å²) in [7, 11) is 0. The molecule has 0 saturated carbocycles. The van der Waals surface area contributed by atoms with E-state index in [0.29, 0.717) is 11.1 Å². The van der Waals surface area contributed by atoms with Crippen LogP contribution in [0.25, 0.3) is 0 Å². The van der Waals surface area contributed by atoms with Crippen molar-refractivity contribution < 1.29 is 38.7 Å². The zero-order valence-electron chi connectivity index (χ0n) is 14.7. The molecule has 2 heterocycles. The van der Waals surface area contributed by atoms with Crippen LogP contribution in [0.2, 0.25) is 0 Å². The SMILES string of the molecule is O=C(O[C@H]1CO[C@H]2[C@@H]1OC[C@@H]2OC(=O)c1ccc(O)cc1)c1ccc(O)cc1. The summed E-state index contributed by atoms with van der Waals surface area (Å²) in [6.45, 7) is 0.263. The van der Waals surface area contributed by atoms with Gasteiger partial charge in [0.25, 0.3) is 0 Å². The van der Waals surface area contributed by atoms with Crippen LogP contribution in [-0.4, -0.2) is 59.8 Å². The highest BCUT2D eigenvalue weighted by Crippen LogP contribution is 2.31.